The summed E-state index contributed by atoms with van der Waals surface area (Å²) < 4.78 is 5.10. The number of nitrogens with one attached hydrogen (secondary N) is 1. The highest BCUT2D eigenvalue weighted by Gasteiger charge is 2.14. The molecular formula is C14H16N2O2S. The highest BCUT2D eigenvalue weighted by atomic mass is 32.1. The molecule has 1 amide bonds. The van der Waals surface area contributed by atoms with Crippen LogP contribution in [0, 0.1) is 0 Å². The minimum absolute atomic E-state index is 0.0515. The van der Waals surface area contributed by atoms with Crippen molar-refractivity contribution in [2.45, 2.75) is 13.0 Å². The van der Waals surface area contributed by atoms with Gasteiger partial charge < -0.3 is 15.8 Å². The maximum Gasteiger partial charge on any atom is 0.253 e. The van der Waals surface area contributed by atoms with Gasteiger partial charge in [-0.15, -0.1) is 0 Å². The summed E-state index contributed by atoms with van der Waals surface area (Å²) in [7, 11) is 1.56. The summed E-state index contributed by atoms with van der Waals surface area (Å²) >= 11 is 1.60. The fourth-order valence-corrected chi connectivity index (χ4v) is 2.49. The van der Waals surface area contributed by atoms with Crippen LogP contribution < -0.4 is 15.8 Å². The average Bonchev–Trinajstić information content (AvgIpc) is 2.93. The summed E-state index contributed by atoms with van der Waals surface area (Å²) in [6, 6.07) is 6.98. The van der Waals surface area contributed by atoms with Gasteiger partial charge in [-0.3, -0.25) is 4.79 Å². The number of carbonyl (C=O) groups excluding carboxylic acids is 1. The average molecular weight is 276 g/mol. The van der Waals surface area contributed by atoms with E-state index < -0.39 is 0 Å². The summed E-state index contributed by atoms with van der Waals surface area (Å²) in [5.41, 5.74) is 7.78. The van der Waals surface area contributed by atoms with E-state index in [4.69, 9.17) is 10.5 Å². The maximum atomic E-state index is 12.2. The van der Waals surface area contributed by atoms with Crippen LogP contribution in [-0.4, -0.2) is 13.0 Å². The Labute approximate surface area is 116 Å². The Morgan fingerprint density at radius 1 is 1.42 bits per heavy atom. The number of amides is 1. The molecule has 2 aromatic rings. The molecule has 3 N–H and O–H groups in total. The number of anilines is 1. The van der Waals surface area contributed by atoms with Gasteiger partial charge in [-0.05, 0) is 47.5 Å². The minimum Gasteiger partial charge on any atom is -0.497 e. The van der Waals surface area contributed by atoms with Crippen LogP contribution in [0.4, 0.5) is 5.69 Å². The number of nitrogen functional groups attached to an aromatic ring is 1. The van der Waals surface area contributed by atoms with Crippen molar-refractivity contribution in [3.8, 4) is 5.75 Å². The van der Waals surface area contributed by atoms with Crippen LogP contribution in [0.25, 0.3) is 0 Å². The topological polar surface area (TPSA) is 64.3 Å². The van der Waals surface area contributed by atoms with Crippen molar-refractivity contribution in [3.05, 3.63) is 46.2 Å². The van der Waals surface area contributed by atoms with Crippen molar-refractivity contribution >= 4 is 22.9 Å². The largest absolute Gasteiger partial charge is 0.497 e. The molecule has 0 aliphatic rings. The first kappa shape index (κ1) is 13.4. The lowest BCUT2D eigenvalue weighted by Crippen LogP contribution is -2.27. The monoisotopic (exact) mass is 276 g/mol. The Balaban J connectivity index is 2.16. The summed E-state index contributed by atoms with van der Waals surface area (Å²) in [4.78, 5) is 12.2. The number of rotatable bonds is 4. The molecule has 0 radical (unpaired) electrons. The van der Waals surface area contributed by atoms with E-state index in [1.54, 1.807) is 36.6 Å². The molecule has 2 rings (SSSR count). The lowest BCUT2D eigenvalue weighted by molar-refractivity contribution is 0.0940. The van der Waals surface area contributed by atoms with Gasteiger partial charge in [0, 0.05) is 5.69 Å². The molecule has 0 saturated heterocycles. The van der Waals surface area contributed by atoms with E-state index >= 15 is 0 Å². The molecule has 4 nitrogen and oxygen atoms in total. The molecule has 1 aromatic carbocycles. The zero-order chi connectivity index (χ0) is 13.8. The van der Waals surface area contributed by atoms with Crippen LogP contribution in [0.15, 0.2) is 35.0 Å². The van der Waals surface area contributed by atoms with Gasteiger partial charge in [-0.25, -0.2) is 0 Å². The van der Waals surface area contributed by atoms with E-state index in [-0.39, 0.29) is 11.9 Å². The second-order valence-corrected chi connectivity index (χ2v) is 4.99. The number of benzene rings is 1. The third-order valence-corrected chi connectivity index (χ3v) is 3.60. The van der Waals surface area contributed by atoms with Crippen molar-refractivity contribution in [1.29, 1.82) is 0 Å². The molecule has 0 spiro atoms. The van der Waals surface area contributed by atoms with E-state index in [9.17, 15) is 4.79 Å². The highest BCUT2D eigenvalue weighted by molar-refractivity contribution is 7.07. The van der Waals surface area contributed by atoms with E-state index in [0.717, 1.165) is 5.56 Å². The highest BCUT2D eigenvalue weighted by Crippen LogP contribution is 2.21. The fourth-order valence-electron chi connectivity index (χ4n) is 1.74. The third-order valence-electron chi connectivity index (χ3n) is 2.90. The smallest absolute Gasteiger partial charge is 0.253 e. The van der Waals surface area contributed by atoms with E-state index in [1.807, 2.05) is 23.8 Å². The molecule has 0 aliphatic carbocycles. The lowest BCUT2D eigenvalue weighted by atomic mass is 10.1. The maximum absolute atomic E-state index is 12.2. The summed E-state index contributed by atoms with van der Waals surface area (Å²) in [5, 5.41) is 6.92. The number of ether oxygens (including phenoxy) is 1. The van der Waals surface area contributed by atoms with Crippen LogP contribution in [0.3, 0.4) is 0 Å². The standard InChI is InChI=1S/C14H16N2O2S/c1-9(10-5-6-19-8-10)16-14(17)12-7-11(18-2)3-4-13(12)15/h3-9H,15H2,1-2H3,(H,16,17). The molecule has 5 heteroatoms. The van der Waals surface area contributed by atoms with Crippen molar-refractivity contribution in [2.75, 3.05) is 12.8 Å². The predicted molar refractivity (Wildman–Crippen MR) is 77.6 cm³/mol. The minimum atomic E-state index is -0.199. The number of hydrogen-bond acceptors (Lipinski definition) is 4. The molecule has 0 fully saturated rings. The molecule has 0 saturated carbocycles. The van der Waals surface area contributed by atoms with Crippen molar-refractivity contribution in [3.63, 3.8) is 0 Å². The SMILES string of the molecule is COc1ccc(N)c(C(=O)NC(C)c2ccsc2)c1. The molecule has 1 unspecified atom stereocenters. The lowest BCUT2D eigenvalue weighted by Gasteiger charge is -2.14. The zero-order valence-corrected chi connectivity index (χ0v) is 11.7. The van der Waals surface area contributed by atoms with Gasteiger partial charge >= 0.3 is 0 Å². The number of methoxy groups -OCH3 is 1. The van der Waals surface area contributed by atoms with Gasteiger partial charge in [0.2, 0.25) is 0 Å². The Kier molecular flexibility index (Phi) is 4.06. The Morgan fingerprint density at radius 2 is 2.21 bits per heavy atom. The molecule has 19 heavy (non-hydrogen) atoms. The van der Waals surface area contributed by atoms with Gasteiger partial charge in [0.1, 0.15) is 5.75 Å². The summed E-state index contributed by atoms with van der Waals surface area (Å²) in [5.74, 6) is 0.414. The van der Waals surface area contributed by atoms with Crippen LogP contribution >= 0.6 is 11.3 Å². The number of nitrogens with two attached hydrogens (primary N) is 1. The summed E-state index contributed by atoms with van der Waals surface area (Å²) in [6.07, 6.45) is 0. The predicted octanol–water partition coefficient (Wildman–Crippen LogP) is 2.83. The first-order valence-corrected chi connectivity index (χ1v) is 6.82. The van der Waals surface area contributed by atoms with E-state index in [2.05, 4.69) is 5.32 Å². The molecule has 0 bridgehead atoms. The van der Waals surface area contributed by atoms with Crippen LogP contribution in [-0.2, 0) is 0 Å². The first-order chi connectivity index (χ1) is 9.11. The fraction of sp³-hybridized carbons (Fsp3) is 0.214. The normalized spacial score (nSPS) is 11.9. The summed E-state index contributed by atoms with van der Waals surface area (Å²) in [6.45, 7) is 1.94. The molecule has 1 atom stereocenters. The van der Waals surface area contributed by atoms with E-state index in [1.165, 1.54) is 0 Å². The Bertz CT molecular complexity index is 567. The first-order valence-electron chi connectivity index (χ1n) is 5.88. The van der Waals surface area contributed by atoms with Crippen LogP contribution in [0.1, 0.15) is 28.9 Å². The van der Waals surface area contributed by atoms with Gasteiger partial charge in [-0.1, -0.05) is 0 Å². The second kappa shape index (κ2) is 5.75. The Hall–Kier alpha value is -2.01. The van der Waals surface area contributed by atoms with Gasteiger partial charge in [0.25, 0.3) is 5.91 Å². The zero-order valence-electron chi connectivity index (χ0n) is 10.8. The van der Waals surface area contributed by atoms with Gasteiger partial charge in [0.05, 0.1) is 18.7 Å². The molecule has 1 heterocycles. The molecular weight excluding hydrogens is 260 g/mol. The second-order valence-electron chi connectivity index (χ2n) is 4.21. The van der Waals surface area contributed by atoms with Crippen molar-refractivity contribution in [2.24, 2.45) is 0 Å². The molecule has 100 valence electrons. The number of thiophene rings is 1. The van der Waals surface area contributed by atoms with E-state index in [0.29, 0.717) is 17.0 Å². The van der Waals surface area contributed by atoms with Gasteiger partial charge in [0.15, 0.2) is 0 Å². The number of hydrogen-bond donors (Lipinski definition) is 2. The quantitative estimate of drug-likeness (QED) is 0.844. The van der Waals surface area contributed by atoms with Crippen LogP contribution in [0.5, 0.6) is 5.75 Å². The van der Waals surface area contributed by atoms with Gasteiger partial charge in [-0.2, -0.15) is 11.3 Å². The third kappa shape index (κ3) is 3.06. The van der Waals surface area contributed by atoms with Crippen molar-refractivity contribution < 1.29 is 9.53 Å². The molecule has 1 aromatic heterocycles. The van der Waals surface area contributed by atoms with Crippen molar-refractivity contribution in [1.82, 2.24) is 5.32 Å². The Morgan fingerprint density at radius 3 is 2.84 bits per heavy atom. The number of carbonyl (C=O) groups is 1. The van der Waals surface area contributed by atoms with Crippen LogP contribution in [0.2, 0.25) is 0 Å². The molecule has 0 aliphatic heterocycles.